The number of imidazole rings is 1. The molecule has 2 amide bonds. The summed E-state index contributed by atoms with van der Waals surface area (Å²) in [6.45, 7) is 6.62. The number of H-pyrrole nitrogens is 1. The van der Waals surface area contributed by atoms with Gasteiger partial charge in [-0.25, -0.2) is 28.8 Å². The van der Waals surface area contributed by atoms with Crippen LogP contribution in [-0.4, -0.2) is 128 Å². The van der Waals surface area contributed by atoms with Gasteiger partial charge in [-0.15, -0.1) is 0 Å². The number of amides is 2. The number of rotatable bonds is 23. The minimum absolute atomic E-state index is 0.0694. The van der Waals surface area contributed by atoms with Gasteiger partial charge in [0.25, 0.3) is 11.5 Å². The van der Waals surface area contributed by atoms with E-state index in [4.69, 9.17) is 28.4 Å². The van der Waals surface area contributed by atoms with Crippen LogP contribution in [-0.2, 0) is 33.9 Å². The van der Waals surface area contributed by atoms with E-state index in [9.17, 15) is 24.4 Å². The number of hydrogen-bond donors (Lipinski definition) is 3. The Morgan fingerprint density at radius 3 is 2.01 bits per heavy atom. The van der Waals surface area contributed by atoms with Crippen LogP contribution in [0.1, 0.15) is 80.0 Å². The molecule has 4 aromatic carbocycles. The summed E-state index contributed by atoms with van der Waals surface area (Å²) in [5.74, 6) is -0.555. The first-order chi connectivity index (χ1) is 39.6. The number of alkyl halides is 1. The van der Waals surface area contributed by atoms with Gasteiger partial charge in [-0.05, 0) is 53.1 Å². The summed E-state index contributed by atoms with van der Waals surface area (Å²) in [7, 11) is 1.06. The molecule has 9 rings (SSSR count). The van der Waals surface area contributed by atoms with E-state index < -0.39 is 96.2 Å². The Kier molecular flexibility index (Phi) is 18.3. The molecular weight excluding hydrogens is 1070 g/mol. The first-order valence-corrected chi connectivity index (χ1v) is 28.7. The van der Waals surface area contributed by atoms with Crippen molar-refractivity contribution in [2.45, 2.75) is 100 Å². The van der Waals surface area contributed by atoms with E-state index in [0.717, 1.165) is 16.7 Å². The van der Waals surface area contributed by atoms with E-state index in [1.807, 2.05) is 78.9 Å². The number of hydrogen-bond acceptors (Lipinski definition) is 15. The highest BCUT2D eigenvalue weighted by Gasteiger charge is 2.55. The Morgan fingerprint density at radius 1 is 0.817 bits per heavy atom. The zero-order valence-corrected chi connectivity index (χ0v) is 47.4. The predicted octanol–water partition coefficient (Wildman–Crippen LogP) is 7.60. The van der Waals surface area contributed by atoms with Crippen LogP contribution >= 0.6 is 7.29 Å². The van der Waals surface area contributed by atoms with Crippen LogP contribution in [0.25, 0.3) is 11.2 Å². The van der Waals surface area contributed by atoms with Gasteiger partial charge in [0.2, 0.25) is 5.91 Å². The molecule has 0 spiro atoms. The van der Waals surface area contributed by atoms with Crippen LogP contribution in [0.5, 0.6) is 11.5 Å². The third kappa shape index (κ3) is 11.6. The smallest absolute Gasteiger partial charge is 0.330 e. The number of halogens is 1. The number of carbonyl (C=O) groups is 2. The molecular formula is C59H66FN10O11P. The molecule has 2 aliphatic rings. The molecule has 3 N–H and O–H groups in total. The summed E-state index contributed by atoms with van der Waals surface area (Å²) in [6.07, 6.45) is -4.27. The number of anilines is 1. The van der Waals surface area contributed by atoms with Crippen LogP contribution in [0.2, 0.25) is 0 Å². The SMILES string of the molecule is COc1ccc(C(OC[C@H]2O[C@@H](n3ccc(=O)[nH]c3=O)[C@H](OC)[C@@H]2CC(=O)NC[C@H]2O[C@@H](n3cnc4c(NC(=O)c5ccccc5)ncnc43)[C@H](F)[C@@H]2N(CCC#N)P(=O)(C(C)C)C(C)C)(c2ccccc2)c2ccc(OC)cc2)cc1. The zero-order chi connectivity index (χ0) is 58.3. The van der Waals surface area contributed by atoms with Crippen molar-refractivity contribution < 1.29 is 47.0 Å². The monoisotopic (exact) mass is 1140 g/mol. The molecule has 0 unspecified atom stereocenters. The first-order valence-electron chi connectivity index (χ1n) is 26.9. The Labute approximate surface area is 473 Å². The molecule has 3 aromatic heterocycles. The molecule has 0 bridgehead atoms. The van der Waals surface area contributed by atoms with Gasteiger partial charge in [-0.1, -0.05) is 100 Å². The lowest BCUT2D eigenvalue weighted by atomic mass is 9.79. The average molecular weight is 1140 g/mol. The molecule has 2 fully saturated rings. The van der Waals surface area contributed by atoms with Crippen molar-refractivity contribution in [1.29, 1.82) is 5.26 Å². The minimum atomic E-state index is -3.52. The van der Waals surface area contributed by atoms with Crippen LogP contribution in [0.3, 0.4) is 0 Å². The molecule has 5 heterocycles. The van der Waals surface area contributed by atoms with Gasteiger partial charge < -0.3 is 43.6 Å². The van der Waals surface area contributed by atoms with E-state index >= 15 is 8.96 Å². The average Bonchev–Trinajstić information content (AvgIpc) is 3.84. The maximum Gasteiger partial charge on any atom is 0.330 e. The number of carbonyl (C=O) groups excluding carboxylic acids is 2. The van der Waals surface area contributed by atoms with Crippen LogP contribution < -0.4 is 31.4 Å². The Hall–Kier alpha value is -7.90. The Balaban J connectivity index is 1.06. The minimum Gasteiger partial charge on any atom is -0.497 e. The number of fused-ring (bicyclic) bond motifs is 1. The van der Waals surface area contributed by atoms with Crippen molar-refractivity contribution in [3.63, 3.8) is 0 Å². The standard InChI is InChI=1S/C59H66FN10O11P/c1-36(2)82(75,37(3)4)70(29-14-28-61)51-45(80-56(49(51)60)69-35-65-50-53(63-34-64-54(50)69)67-55(73)38-15-10-8-11-16-38)32-62-48(72)31-44-46(81-57(52(44)78-7)68-30-27-47(71)66-58(68)74)33-79-59(39-17-12-9-13-18-39,40-19-23-42(76-5)24-20-40)41-21-25-43(77-6)26-22-41/h8-13,15-27,30,34-37,44-46,49,51-52,56-57H,14,29,31-33H2,1-7H3,(H,62,72)(H,66,71,74)(H,63,64,67,73)/t44-,45-,46-,49-,51-,52-,56-,57-/m1/s1. The number of nitriles is 1. The third-order valence-electron chi connectivity index (χ3n) is 15.3. The predicted molar refractivity (Wildman–Crippen MR) is 303 cm³/mol. The van der Waals surface area contributed by atoms with Crippen molar-refractivity contribution in [2.75, 3.05) is 46.3 Å². The van der Waals surface area contributed by atoms with Gasteiger partial charge in [0.1, 0.15) is 29.5 Å². The van der Waals surface area contributed by atoms with Gasteiger partial charge in [0.15, 0.2) is 42.9 Å². The maximum absolute atomic E-state index is 18.0. The molecule has 21 nitrogen and oxygen atoms in total. The molecule has 7 aromatic rings. The summed E-state index contributed by atoms with van der Waals surface area (Å²) in [4.78, 5) is 69.4. The van der Waals surface area contributed by atoms with Crippen LogP contribution in [0.15, 0.2) is 144 Å². The van der Waals surface area contributed by atoms with Crippen molar-refractivity contribution in [2.24, 2.45) is 5.92 Å². The number of nitrogens with zero attached hydrogens (tertiary/aromatic N) is 7. The highest BCUT2D eigenvalue weighted by atomic mass is 31.2. The van der Waals surface area contributed by atoms with Gasteiger partial charge in [-0.2, -0.15) is 5.26 Å². The normalized spacial score (nSPS) is 21.0. The van der Waals surface area contributed by atoms with Crippen LogP contribution in [0, 0.1) is 17.2 Å². The van der Waals surface area contributed by atoms with E-state index in [0.29, 0.717) is 17.1 Å². The molecule has 2 saturated heterocycles. The number of aromatic amines is 1. The third-order valence-corrected chi connectivity index (χ3v) is 19.6. The van der Waals surface area contributed by atoms with E-state index in [-0.39, 0.29) is 49.5 Å². The summed E-state index contributed by atoms with van der Waals surface area (Å²) in [6, 6.07) is 35.0. The number of aromatic nitrogens is 6. The number of nitrogens with one attached hydrogen (secondary N) is 3. The van der Waals surface area contributed by atoms with Crippen molar-refractivity contribution in [3.8, 4) is 17.6 Å². The topological polar surface area (TPSA) is 256 Å². The Morgan fingerprint density at radius 2 is 1.43 bits per heavy atom. The summed E-state index contributed by atoms with van der Waals surface area (Å²) < 4.78 is 75.5. The molecule has 0 saturated carbocycles. The molecule has 0 aliphatic carbocycles. The molecule has 82 heavy (non-hydrogen) atoms. The summed E-state index contributed by atoms with van der Waals surface area (Å²) >= 11 is 0. The van der Waals surface area contributed by atoms with Crippen molar-refractivity contribution >= 4 is 36.1 Å². The maximum atomic E-state index is 18.0. The second-order valence-corrected chi connectivity index (χ2v) is 24.5. The molecule has 2 aliphatic heterocycles. The lowest BCUT2D eigenvalue weighted by Gasteiger charge is -2.42. The van der Waals surface area contributed by atoms with Crippen molar-refractivity contribution in [3.05, 3.63) is 177 Å². The Bertz CT molecular complexity index is 3480. The zero-order valence-electron chi connectivity index (χ0n) is 46.5. The van der Waals surface area contributed by atoms with Gasteiger partial charge >= 0.3 is 5.69 Å². The molecule has 0 radical (unpaired) electrons. The number of ether oxygens (including phenoxy) is 6. The van der Waals surface area contributed by atoms with E-state index in [1.165, 1.54) is 41.2 Å². The lowest BCUT2D eigenvalue weighted by molar-refractivity contribution is -0.125. The first kappa shape index (κ1) is 58.7. The fourth-order valence-electron chi connectivity index (χ4n) is 11.3. The van der Waals surface area contributed by atoms with Gasteiger partial charge in [0, 0.05) is 68.1 Å². The lowest BCUT2D eigenvalue weighted by Crippen LogP contribution is -2.50. The summed E-state index contributed by atoms with van der Waals surface area (Å²) in [5.41, 5.74) is -0.847. The van der Waals surface area contributed by atoms with Crippen LogP contribution in [0.4, 0.5) is 10.2 Å². The quantitative estimate of drug-likeness (QED) is 0.0411. The molecule has 430 valence electrons. The highest BCUT2D eigenvalue weighted by molar-refractivity contribution is 7.62. The highest BCUT2D eigenvalue weighted by Crippen LogP contribution is 2.61. The number of benzene rings is 4. The van der Waals surface area contributed by atoms with Gasteiger partial charge in [0.05, 0.1) is 51.5 Å². The van der Waals surface area contributed by atoms with E-state index in [1.54, 1.807) is 76.9 Å². The molecule has 23 heteroatoms. The van der Waals surface area contributed by atoms with Gasteiger partial charge in [-0.3, -0.25) is 28.5 Å². The van der Waals surface area contributed by atoms with Crippen molar-refractivity contribution in [1.82, 2.24) is 39.1 Å². The second-order valence-electron chi connectivity index (χ2n) is 20.6. The second kappa shape index (κ2) is 25.5. The summed E-state index contributed by atoms with van der Waals surface area (Å²) in [5, 5.41) is 15.7. The fourth-order valence-corrected chi connectivity index (χ4v) is 14.8. The fraction of sp³-hybridized carbons (Fsp3) is 0.390. The number of methoxy groups -OCH3 is 3. The largest absolute Gasteiger partial charge is 0.497 e. The van der Waals surface area contributed by atoms with E-state index in [2.05, 4.69) is 36.6 Å². The molecule has 8 atom stereocenters.